The largest absolute Gasteiger partial charge is 0.504 e. The van der Waals surface area contributed by atoms with E-state index in [0.717, 1.165) is 0 Å². The molecule has 4 nitrogen and oxygen atoms in total. The van der Waals surface area contributed by atoms with Crippen molar-refractivity contribution in [3.63, 3.8) is 0 Å². The molecular weight excluding hydrogens is 250 g/mol. The van der Waals surface area contributed by atoms with Gasteiger partial charge in [0.2, 0.25) is 0 Å². The van der Waals surface area contributed by atoms with Gasteiger partial charge in [-0.2, -0.15) is 0 Å². The second-order valence-electron chi connectivity index (χ2n) is 2.69. The number of halogens is 1. The van der Waals surface area contributed by atoms with Gasteiger partial charge < -0.3 is 15.5 Å². The van der Waals surface area contributed by atoms with Crippen LogP contribution in [0.5, 0.6) is 11.5 Å². The molecule has 0 spiro atoms. The summed E-state index contributed by atoms with van der Waals surface area (Å²) in [7, 11) is 0. The van der Waals surface area contributed by atoms with Gasteiger partial charge in [0.15, 0.2) is 11.5 Å². The lowest BCUT2D eigenvalue weighted by Gasteiger charge is -2.05. The summed E-state index contributed by atoms with van der Waals surface area (Å²) < 4.78 is 0.291. The van der Waals surface area contributed by atoms with E-state index in [-0.39, 0.29) is 17.4 Å². The Kier molecular flexibility index (Phi) is 3.35. The summed E-state index contributed by atoms with van der Waals surface area (Å²) in [5, 5.41) is 21.0. The molecule has 0 unspecified atom stereocenters. The zero-order valence-corrected chi connectivity index (χ0v) is 9.13. The van der Waals surface area contributed by atoms with Crippen LogP contribution >= 0.6 is 15.9 Å². The van der Waals surface area contributed by atoms with Crippen LogP contribution in [0.4, 0.5) is 0 Å². The summed E-state index contributed by atoms with van der Waals surface area (Å²) in [4.78, 5) is 11.3. The van der Waals surface area contributed by atoms with E-state index in [1.807, 2.05) is 0 Å². The van der Waals surface area contributed by atoms with Crippen LogP contribution < -0.4 is 5.32 Å². The third-order valence-corrected chi connectivity index (χ3v) is 2.25. The number of carbonyl (C=O) groups excluding carboxylic acids is 1. The number of hydrogen-bond acceptors (Lipinski definition) is 3. The molecular formula is C9H10BrNO3. The van der Waals surface area contributed by atoms with Crippen LogP contribution in [0.25, 0.3) is 0 Å². The predicted molar refractivity (Wildman–Crippen MR) is 55.5 cm³/mol. The molecule has 0 saturated heterocycles. The highest BCUT2D eigenvalue weighted by molar-refractivity contribution is 9.10. The van der Waals surface area contributed by atoms with Crippen molar-refractivity contribution < 1.29 is 15.0 Å². The predicted octanol–water partition coefficient (Wildman–Crippen LogP) is 1.61. The molecule has 76 valence electrons. The SMILES string of the molecule is CCNC(=O)c1cc(O)c(O)c(Br)c1. The van der Waals surface area contributed by atoms with Crippen molar-refractivity contribution in [1.29, 1.82) is 0 Å². The van der Waals surface area contributed by atoms with Gasteiger partial charge in [-0.3, -0.25) is 4.79 Å². The lowest BCUT2D eigenvalue weighted by molar-refractivity contribution is 0.0955. The Bertz CT molecular complexity index is 342. The van der Waals surface area contributed by atoms with E-state index in [0.29, 0.717) is 16.6 Å². The van der Waals surface area contributed by atoms with Gasteiger partial charge in [0, 0.05) is 12.1 Å². The molecule has 0 atom stereocenters. The molecule has 14 heavy (non-hydrogen) atoms. The van der Waals surface area contributed by atoms with Gasteiger partial charge in [0.05, 0.1) is 4.47 Å². The van der Waals surface area contributed by atoms with Crippen molar-refractivity contribution in [2.45, 2.75) is 6.92 Å². The van der Waals surface area contributed by atoms with Crippen LogP contribution in [0.2, 0.25) is 0 Å². The maximum atomic E-state index is 11.3. The average Bonchev–Trinajstić information content (AvgIpc) is 2.13. The smallest absolute Gasteiger partial charge is 0.251 e. The molecule has 1 aromatic carbocycles. The van der Waals surface area contributed by atoms with Crippen molar-refractivity contribution in [3.05, 3.63) is 22.2 Å². The van der Waals surface area contributed by atoms with E-state index in [1.54, 1.807) is 6.92 Å². The van der Waals surface area contributed by atoms with E-state index >= 15 is 0 Å². The molecule has 0 heterocycles. The van der Waals surface area contributed by atoms with Gasteiger partial charge in [0.1, 0.15) is 0 Å². The van der Waals surface area contributed by atoms with Gasteiger partial charge in [-0.15, -0.1) is 0 Å². The monoisotopic (exact) mass is 259 g/mol. The lowest BCUT2D eigenvalue weighted by Crippen LogP contribution is -2.22. The standard InChI is InChI=1S/C9H10BrNO3/c1-2-11-9(14)5-3-6(10)8(13)7(12)4-5/h3-4,12-13H,2H2,1H3,(H,11,14). The van der Waals surface area contributed by atoms with Gasteiger partial charge >= 0.3 is 0 Å². The van der Waals surface area contributed by atoms with Crippen LogP contribution in [0, 0.1) is 0 Å². The quantitative estimate of drug-likeness (QED) is 0.707. The molecule has 0 aliphatic heterocycles. The molecule has 0 radical (unpaired) electrons. The number of amides is 1. The summed E-state index contributed by atoms with van der Waals surface area (Å²) in [6.45, 7) is 2.31. The van der Waals surface area contributed by atoms with Crippen molar-refractivity contribution in [2.75, 3.05) is 6.54 Å². The maximum absolute atomic E-state index is 11.3. The third-order valence-electron chi connectivity index (χ3n) is 1.64. The minimum Gasteiger partial charge on any atom is -0.504 e. The number of phenols is 2. The van der Waals surface area contributed by atoms with Gasteiger partial charge in [-0.05, 0) is 35.0 Å². The number of carbonyl (C=O) groups is 1. The number of phenolic OH excluding ortho intramolecular Hbond substituents is 2. The molecule has 1 aromatic rings. The Morgan fingerprint density at radius 3 is 2.64 bits per heavy atom. The topological polar surface area (TPSA) is 69.6 Å². The van der Waals surface area contributed by atoms with Crippen molar-refractivity contribution in [1.82, 2.24) is 5.32 Å². The minimum absolute atomic E-state index is 0.266. The summed E-state index contributed by atoms with van der Waals surface area (Å²) in [5.74, 6) is -0.873. The first-order valence-corrected chi connectivity index (χ1v) is 4.85. The number of nitrogens with one attached hydrogen (secondary N) is 1. The van der Waals surface area contributed by atoms with E-state index in [1.165, 1.54) is 12.1 Å². The normalized spacial score (nSPS) is 9.86. The summed E-state index contributed by atoms with van der Waals surface area (Å²) in [5.41, 5.74) is 0.300. The molecule has 0 aliphatic rings. The first kappa shape index (κ1) is 10.8. The summed E-state index contributed by atoms with van der Waals surface area (Å²) in [6.07, 6.45) is 0. The molecule has 0 saturated carbocycles. The minimum atomic E-state index is -0.319. The second-order valence-corrected chi connectivity index (χ2v) is 3.54. The van der Waals surface area contributed by atoms with Crippen molar-refractivity contribution in [2.24, 2.45) is 0 Å². The number of benzene rings is 1. The molecule has 0 fully saturated rings. The lowest BCUT2D eigenvalue weighted by atomic mass is 10.2. The fraction of sp³-hybridized carbons (Fsp3) is 0.222. The fourth-order valence-electron chi connectivity index (χ4n) is 0.978. The Balaban J connectivity index is 3.06. The zero-order valence-electron chi connectivity index (χ0n) is 7.54. The van der Waals surface area contributed by atoms with Gasteiger partial charge in [0.25, 0.3) is 5.91 Å². The Hall–Kier alpha value is -1.23. The van der Waals surface area contributed by atoms with Crippen molar-refractivity contribution in [3.8, 4) is 11.5 Å². The highest BCUT2D eigenvalue weighted by atomic mass is 79.9. The molecule has 0 aliphatic carbocycles. The first-order chi connectivity index (χ1) is 6.56. The fourth-order valence-corrected chi connectivity index (χ4v) is 1.43. The molecule has 1 amide bonds. The summed E-state index contributed by atoms with van der Waals surface area (Å²) in [6, 6.07) is 2.66. The van der Waals surface area contributed by atoms with Crippen LogP contribution in [0.1, 0.15) is 17.3 Å². The maximum Gasteiger partial charge on any atom is 0.251 e. The van der Waals surface area contributed by atoms with E-state index in [4.69, 9.17) is 0 Å². The second kappa shape index (κ2) is 4.32. The van der Waals surface area contributed by atoms with Crippen LogP contribution in [0.3, 0.4) is 0 Å². The Morgan fingerprint density at radius 1 is 1.50 bits per heavy atom. The Morgan fingerprint density at radius 2 is 2.14 bits per heavy atom. The molecule has 1 rings (SSSR count). The number of aromatic hydroxyl groups is 2. The molecule has 5 heteroatoms. The molecule has 0 aromatic heterocycles. The zero-order chi connectivity index (χ0) is 10.7. The number of rotatable bonds is 2. The van der Waals surface area contributed by atoms with E-state index in [2.05, 4.69) is 21.2 Å². The van der Waals surface area contributed by atoms with Crippen LogP contribution in [-0.2, 0) is 0 Å². The highest BCUT2D eigenvalue weighted by Crippen LogP contribution is 2.34. The Labute approximate surface area is 89.7 Å². The molecule has 3 N–H and O–H groups in total. The van der Waals surface area contributed by atoms with E-state index in [9.17, 15) is 15.0 Å². The van der Waals surface area contributed by atoms with Crippen LogP contribution in [0.15, 0.2) is 16.6 Å². The molecule has 0 bridgehead atoms. The highest BCUT2D eigenvalue weighted by Gasteiger charge is 2.11. The van der Waals surface area contributed by atoms with E-state index < -0.39 is 0 Å². The first-order valence-electron chi connectivity index (χ1n) is 4.06. The third kappa shape index (κ3) is 2.17. The van der Waals surface area contributed by atoms with Gasteiger partial charge in [-0.1, -0.05) is 0 Å². The average molecular weight is 260 g/mol. The van der Waals surface area contributed by atoms with Crippen LogP contribution in [-0.4, -0.2) is 22.7 Å². The van der Waals surface area contributed by atoms with Gasteiger partial charge in [-0.25, -0.2) is 0 Å². The van der Waals surface area contributed by atoms with Crippen molar-refractivity contribution >= 4 is 21.8 Å². The number of hydrogen-bond donors (Lipinski definition) is 3. The summed E-state index contributed by atoms with van der Waals surface area (Å²) >= 11 is 3.03.